The van der Waals surface area contributed by atoms with Crippen molar-refractivity contribution >= 4 is 12.4 Å². The second-order valence-electron chi connectivity index (χ2n) is 3.62. The van der Waals surface area contributed by atoms with Crippen molar-refractivity contribution < 1.29 is 4.74 Å². The smallest absolute Gasteiger partial charge is 0.0594 e. The Bertz CT molecular complexity index is 256. The monoisotopic (exact) mass is 244 g/mol. The fraction of sp³-hybridized carbons (Fsp3) is 0.500. The largest absolute Gasteiger partial charge is 0.379 e. The quantitative estimate of drug-likeness (QED) is 0.740. The maximum absolute atomic E-state index is 5.33. The first-order valence-corrected chi connectivity index (χ1v) is 5.33. The third-order valence-corrected chi connectivity index (χ3v) is 2.17. The minimum atomic E-state index is 0. The Morgan fingerprint density at radius 1 is 1.19 bits per heavy atom. The van der Waals surface area contributed by atoms with Crippen LogP contribution >= 0.6 is 12.4 Å². The second-order valence-corrected chi connectivity index (χ2v) is 3.62. The maximum Gasteiger partial charge on any atom is 0.0594 e. The molecule has 3 nitrogen and oxygen atoms in total. The van der Waals surface area contributed by atoms with Gasteiger partial charge in [0.15, 0.2) is 0 Å². The van der Waals surface area contributed by atoms with Gasteiger partial charge in [0.05, 0.1) is 13.2 Å². The molecule has 0 aliphatic rings. The summed E-state index contributed by atoms with van der Waals surface area (Å²) in [6, 6.07) is 10.4. The molecule has 4 heteroatoms. The molecule has 2 N–H and O–H groups in total. The third-order valence-electron chi connectivity index (χ3n) is 2.17. The topological polar surface area (TPSA) is 38.5 Å². The summed E-state index contributed by atoms with van der Waals surface area (Å²) in [5.74, 6) is 0. The van der Waals surface area contributed by atoms with Crippen molar-refractivity contribution in [3.05, 3.63) is 35.9 Å². The predicted molar refractivity (Wildman–Crippen MR) is 69.9 cm³/mol. The molecule has 0 heterocycles. The first kappa shape index (κ1) is 15.4. The molecule has 0 fully saturated rings. The first-order chi connectivity index (χ1) is 7.33. The van der Waals surface area contributed by atoms with Crippen LogP contribution in [0.15, 0.2) is 30.3 Å². The summed E-state index contributed by atoms with van der Waals surface area (Å²) in [7, 11) is 2.10. The lowest BCUT2D eigenvalue weighted by Gasteiger charge is -2.16. The van der Waals surface area contributed by atoms with Gasteiger partial charge in [0.1, 0.15) is 0 Å². The Hall–Kier alpha value is -0.610. The van der Waals surface area contributed by atoms with Crippen molar-refractivity contribution in [1.29, 1.82) is 0 Å². The summed E-state index contributed by atoms with van der Waals surface area (Å²) in [5, 5.41) is 0. The van der Waals surface area contributed by atoms with Crippen LogP contribution in [0.3, 0.4) is 0 Å². The highest BCUT2D eigenvalue weighted by atomic mass is 35.5. The normalized spacial score (nSPS) is 10.2. The van der Waals surface area contributed by atoms with E-state index >= 15 is 0 Å². The molecule has 0 spiro atoms. The minimum Gasteiger partial charge on any atom is -0.379 e. The average molecular weight is 245 g/mol. The summed E-state index contributed by atoms with van der Waals surface area (Å²) in [5.41, 5.74) is 6.66. The van der Waals surface area contributed by atoms with Gasteiger partial charge in [0.25, 0.3) is 0 Å². The van der Waals surface area contributed by atoms with Crippen LogP contribution < -0.4 is 5.73 Å². The van der Waals surface area contributed by atoms with E-state index in [1.807, 2.05) is 6.07 Å². The van der Waals surface area contributed by atoms with E-state index in [1.165, 1.54) is 5.56 Å². The van der Waals surface area contributed by atoms with E-state index in [-0.39, 0.29) is 12.4 Å². The van der Waals surface area contributed by atoms with Crippen LogP contribution in [-0.2, 0) is 11.3 Å². The van der Waals surface area contributed by atoms with Crippen LogP contribution in [-0.4, -0.2) is 38.3 Å². The number of benzene rings is 1. The van der Waals surface area contributed by atoms with Gasteiger partial charge >= 0.3 is 0 Å². The maximum atomic E-state index is 5.33. The molecule has 0 bridgehead atoms. The number of nitrogens with two attached hydrogens (primary N) is 1. The van der Waals surface area contributed by atoms with E-state index in [2.05, 4.69) is 36.2 Å². The van der Waals surface area contributed by atoms with Crippen LogP contribution in [0.4, 0.5) is 0 Å². The van der Waals surface area contributed by atoms with Gasteiger partial charge in [0, 0.05) is 19.6 Å². The number of rotatable bonds is 7. The zero-order valence-electron chi connectivity index (χ0n) is 9.76. The van der Waals surface area contributed by atoms with Crippen molar-refractivity contribution in [2.75, 3.05) is 33.4 Å². The second kappa shape index (κ2) is 9.60. The zero-order chi connectivity index (χ0) is 10.9. The van der Waals surface area contributed by atoms with E-state index in [4.69, 9.17) is 10.5 Å². The van der Waals surface area contributed by atoms with Crippen LogP contribution in [0.2, 0.25) is 0 Å². The van der Waals surface area contributed by atoms with Gasteiger partial charge in [-0.25, -0.2) is 0 Å². The molecule has 0 aromatic heterocycles. The number of hydrogen-bond donors (Lipinski definition) is 1. The molecule has 16 heavy (non-hydrogen) atoms. The lowest BCUT2D eigenvalue weighted by atomic mass is 10.2. The molecule has 0 radical (unpaired) electrons. The van der Waals surface area contributed by atoms with Crippen molar-refractivity contribution in [2.24, 2.45) is 5.73 Å². The molecular formula is C12H21ClN2O. The van der Waals surface area contributed by atoms with Gasteiger partial charge in [-0.2, -0.15) is 0 Å². The van der Waals surface area contributed by atoms with Crippen LogP contribution in [0.5, 0.6) is 0 Å². The average Bonchev–Trinajstić information content (AvgIpc) is 2.26. The highest BCUT2D eigenvalue weighted by Crippen LogP contribution is 2.01. The zero-order valence-corrected chi connectivity index (χ0v) is 10.6. The summed E-state index contributed by atoms with van der Waals surface area (Å²) in [6.07, 6.45) is 0. The number of halogens is 1. The van der Waals surface area contributed by atoms with Crippen molar-refractivity contribution in [2.45, 2.75) is 6.54 Å². The molecule has 0 aliphatic carbocycles. The van der Waals surface area contributed by atoms with Gasteiger partial charge in [0.2, 0.25) is 0 Å². The van der Waals surface area contributed by atoms with E-state index in [9.17, 15) is 0 Å². The van der Waals surface area contributed by atoms with E-state index in [1.54, 1.807) is 0 Å². The van der Waals surface area contributed by atoms with Crippen LogP contribution in [0, 0.1) is 0 Å². The number of likely N-dealkylation sites (N-methyl/N-ethyl adjacent to an activating group) is 1. The number of ether oxygens (including phenoxy) is 1. The summed E-state index contributed by atoms with van der Waals surface area (Å²) in [6.45, 7) is 3.91. The Kier molecular flexibility index (Phi) is 9.24. The Morgan fingerprint density at radius 3 is 2.50 bits per heavy atom. The molecule has 0 amide bonds. The molecule has 0 unspecified atom stereocenters. The fourth-order valence-electron chi connectivity index (χ4n) is 1.38. The lowest BCUT2D eigenvalue weighted by molar-refractivity contribution is 0.115. The lowest BCUT2D eigenvalue weighted by Crippen LogP contribution is -2.23. The van der Waals surface area contributed by atoms with E-state index in [0.29, 0.717) is 13.2 Å². The SMILES string of the molecule is CN(CCOCCN)Cc1ccccc1.Cl. The predicted octanol–water partition coefficient (Wildman–Crippen LogP) is 1.52. The summed E-state index contributed by atoms with van der Waals surface area (Å²) < 4.78 is 5.32. The molecular weight excluding hydrogens is 224 g/mol. The molecule has 1 rings (SSSR count). The highest BCUT2D eigenvalue weighted by molar-refractivity contribution is 5.85. The van der Waals surface area contributed by atoms with Gasteiger partial charge in [-0.3, -0.25) is 4.90 Å². The molecule has 0 saturated carbocycles. The van der Waals surface area contributed by atoms with Gasteiger partial charge in [-0.05, 0) is 12.6 Å². The molecule has 0 aliphatic heterocycles. The number of nitrogens with zero attached hydrogens (tertiary/aromatic N) is 1. The van der Waals surface area contributed by atoms with Gasteiger partial charge < -0.3 is 10.5 Å². The molecule has 0 saturated heterocycles. The standard InChI is InChI=1S/C12H20N2O.ClH/c1-14(8-10-15-9-7-13)11-12-5-3-2-4-6-12;/h2-6H,7-11,13H2,1H3;1H. The Morgan fingerprint density at radius 2 is 1.88 bits per heavy atom. The van der Waals surface area contributed by atoms with Crippen molar-refractivity contribution in [3.63, 3.8) is 0 Å². The molecule has 1 aromatic rings. The molecule has 0 atom stereocenters. The van der Waals surface area contributed by atoms with Crippen LogP contribution in [0.1, 0.15) is 5.56 Å². The Labute approximate surface area is 104 Å². The first-order valence-electron chi connectivity index (χ1n) is 5.33. The van der Waals surface area contributed by atoms with Crippen molar-refractivity contribution in [1.82, 2.24) is 4.90 Å². The summed E-state index contributed by atoms with van der Waals surface area (Å²) in [4.78, 5) is 2.24. The van der Waals surface area contributed by atoms with Crippen molar-refractivity contribution in [3.8, 4) is 0 Å². The third kappa shape index (κ3) is 6.80. The van der Waals surface area contributed by atoms with E-state index < -0.39 is 0 Å². The van der Waals surface area contributed by atoms with Gasteiger partial charge in [-0.1, -0.05) is 30.3 Å². The minimum absolute atomic E-state index is 0. The highest BCUT2D eigenvalue weighted by Gasteiger charge is 1.99. The molecule has 1 aromatic carbocycles. The summed E-state index contributed by atoms with van der Waals surface area (Å²) >= 11 is 0. The Balaban J connectivity index is 0.00000225. The fourth-order valence-corrected chi connectivity index (χ4v) is 1.38. The molecule has 92 valence electrons. The number of hydrogen-bond acceptors (Lipinski definition) is 3. The van der Waals surface area contributed by atoms with E-state index in [0.717, 1.165) is 19.7 Å². The van der Waals surface area contributed by atoms with Gasteiger partial charge in [-0.15, -0.1) is 12.4 Å². The van der Waals surface area contributed by atoms with Crippen LogP contribution in [0.25, 0.3) is 0 Å².